The maximum Gasteiger partial charge on any atom is 0.281 e. The van der Waals surface area contributed by atoms with Crippen LogP contribution in [0.4, 0.5) is 13.2 Å². The number of hydrogen-bond donors (Lipinski definition) is 0. The average Bonchev–Trinajstić information content (AvgIpc) is 2.04. The molecule has 5 heteroatoms. The third-order valence-electron chi connectivity index (χ3n) is 1.22. The summed E-state index contributed by atoms with van der Waals surface area (Å²) in [6, 6.07) is 3.34. The van der Waals surface area contributed by atoms with Gasteiger partial charge in [-0.25, -0.2) is 13.8 Å². The van der Waals surface area contributed by atoms with Gasteiger partial charge in [0.15, 0.2) is 0 Å². The first kappa shape index (κ1) is 8.53. The molecule has 0 bridgehead atoms. The minimum absolute atomic E-state index is 0.300. The molecule has 0 aliphatic carbocycles. The van der Waals surface area contributed by atoms with Crippen LogP contribution in [0.3, 0.4) is 0 Å². The lowest BCUT2D eigenvalue weighted by Crippen LogP contribution is -1.97. The Hall–Kier alpha value is -1.57. The van der Waals surface area contributed by atoms with Crippen molar-refractivity contribution in [2.75, 3.05) is 0 Å². The van der Waals surface area contributed by atoms with Gasteiger partial charge in [0.1, 0.15) is 11.8 Å². The lowest BCUT2D eigenvalue weighted by atomic mass is 10.2. The molecule has 0 unspecified atom stereocenters. The summed E-state index contributed by atoms with van der Waals surface area (Å²) >= 11 is 0. The smallest absolute Gasteiger partial charge is 0.217 e. The molecule has 12 heavy (non-hydrogen) atoms. The van der Waals surface area contributed by atoms with Crippen LogP contribution in [-0.4, -0.2) is 4.98 Å². The van der Waals surface area contributed by atoms with Gasteiger partial charge in [-0.2, -0.15) is 9.65 Å². The highest BCUT2D eigenvalue weighted by molar-refractivity contribution is 5.33. The van der Waals surface area contributed by atoms with Gasteiger partial charge in [-0.1, -0.05) is 0 Å². The Bertz CT molecular complexity index is 330. The van der Waals surface area contributed by atoms with E-state index in [1.807, 2.05) is 0 Å². The van der Waals surface area contributed by atoms with Crippen molar-refractivity contribution in [1.29, 1.82) is 5.26 Å². The summed E-state index contributed by atoms with van der Waals surface area (Å²) in [5.74, 6) is -1.01. The van der Waals surface area contributed by atoms with E-state index in [0.29, 0.717) is 0 Å². The molecule has 0 aliphatic heterocycles. The molecule has 0 aliphatic rings. The van der Waals surface area contributed by atoms with E-state index < -0.39 is 18.1 Å². The number of pyridine rings is 1. The highest BCUT2D eigenvalue weighted by atomic mass is 19.3. The van der Waals surface area contributed by atoms with E-state index in [4.69, 9.17) is 5.26 Å². The van der Waals surface area contributed by atoms with Gasteiger partial charge in [0, 0.05) is 0 Å². The van der Waals surface area contributed by atoms with Crippen LogP contribution in [0.2, 0.25) is 0 Å². The van der Waals surface area contributed by atoms with Gasteiger partial charge in [0.05, 0.1) is 5.56 Å². The zero-order valence-corrected chi connectivity index (χ0v) is 5.76. The number of nitrogens with zero attached hydrogens (tertiary/aromatic N) is 2. The van der Waals surface area contributed by atoms with Crippen LogP contribution >= 0.6 is 0 Å². The Morgan fingerprint density at radius 2 is 2.08 bits per heavy atom. The van der Waals surface area contributed by atoms with Crippen LogP contribution in [0, 0.1) is 17.3 Å². The summed E-state index contributed by atoms with van der Waals surface area (Å²) in [5.41, 5.74) is -1.11. The second kappa shape index (κ2) is 3.22. The molecule has 0 aromatic carbocycles. The first-order chi connectivity index (χ1) is 5.65. The predicted octanol–water partition coefficient (Wildman–Crippen LogP) is 2.03. The molecule has 1 rings (SSSR count). The van der Waals surface area contributed by atoms with E-state index in [1.165, 1.54) is 6.07 Å². The minimum atomic E-state index is -2.92. The van der Waals surface area contributed by atoms with Crippen LogP contribution in [-0.2, 0) is 0 Å². The molecule has 0 N–H and O–H groups in total. The van der Waals surface area contributed by atoms with Crippen molar-refractivity contribution in [2.24, 2.45) is 0 Å². The third kappa shape index (κ3) is 1.53. The maximum atomic E-state index is 12.3. The van der Waals surface area contributed by atoms with Crippen LogP contribution in [0.15, 0.2) is 12.1 Å². The van der Waals surface area contributed by atoms with Crippen LogP contribution < -0.4 is 0 Å². The molecule has 1 aromatic heterocycles. The number of rotatable bonds is 1. The molecule has 62 valence electrons. The van der Waals surface area contributed by atoms with Gasteiger partial charge in [0.2, 0.25) is 5.95 Å². The minimum Gasteiger partial charge on any atom is -0.217 e. The van der Waals surface area contributed by atoms with E-state index >= 15 is 0 Å². The van der Waals surface area contributed by atoms with Crippen molar-refractivity contribution < 1.29 is 13.2 Å². The lowest BCUT2D eigenvalue weighted by Gasteiger charge is -1.99. The highest BCUT2D eigenvalue weighted by Gasteiger charge is 2.15. The Balaban J connectivity index is 3.24. The molecular weight excluding hydrogens is 169 g/mol. The van der Waals surface area contributed by atoms with Gasteiger partial charge >= 0.3 is 0 Å². The average molecular weight is 172 g/mol. The molecule has 2 nitrogen and oxygen atoms in total. The van der Waals surface area contributed by atoms with Crippen LogP contribution in [0.1, 0.15) is 17.7 Å². The molecule has 0 saturated heterocycles. The summed E-state index contributed by atoms with van der Waals surface area (Å²) in [6.07, 6.45) is -2.92. The fraction of sp³-hybridized carbons (Fsp3) is 0.143. The molecule has 0 saturated carbocycles. The summed E-state index contributed by atoms with van der Waals surface area (Å²) < 4.78 is 36.3. The highest BCUT2D eigenvalue weighted by Crippen LogP contribution is 2.19. The zero-order valence-electron chi connectivity index (χ0n) is 5.76. The number of halogens is 3. The number of aromatic nitrogens is 1. The molecule has 0 atom stereocenters. The van der Waals surface area contributed by atoms with E-state index in [2.05, 4.69) is 4.98 Å². The molecule has 0 fully saturated rings. The maximum absolute atomic E-state index is 12.3. The molecule has 0 amide bonds. The van der Waals surface area contributed by atoms with Gasteiger partial charge in [-0.15, -0.1) is 0 Å². The standard InChI is InChI=1S/C7H3F3N2/c8-5-2-1-4(3-11)6(12-5)7(9)10/h1-2,7H. The predicted molar refractivity (Wildman–Crippen MR) is 33.9 cm³/mol. The van der Waals surface area contributed by atoms with Gasteiger partial charge in [0.25, 0.3) is 6.43 Å². The fourth-order valence-electron chi connectivity index (χ4n) is 0.711. The van der Waals surface area contributed by atoms with E-state index in [9.17, 15) is 13.2 Å². The molecule has 1 aromatic rings. The second-order valence-corrected chi connectivity index (χ2v) is 1.98. The molecular formula is C7H3F3N2. The van der Waals surface area contributed by atoms with Crippen molar-refractivity contribution in [2.45, 2.75) is 6.43 Å². The number of alkyl halides is 2. The van der Waals surface area contributed by atoms with Crippen LogP contribution in [0.5, 0.6) is 0 Å². The van der Waals surface area contributed by atoms with Gasteiger partial charge in [-0.05, 0) is 12.1 Å². The largest absolute Gasteiger partial charge is 0.281 e. The van der Waals surface area contributed by atoms with Crippen molar-refractivity contribution in [3.05, 3.63) is 29.3 Å². The van der Waals surface area contributed by atoms with Crippen LogP contribution in [0.25, 0.3) is 0 Å². The Morgan fingerprint density at radius 1 is 1.42 bits per heavy atom. The Morgan fingerprint density at radius 3 is 2.58 bits per heavy atom. The van der Waals surface area contributed by atoms with E-state index in [1.54, 1.807) is 0 Å². The summed E-state index contributed by atoms with van der Waals surface area (Å²) in [4.78, 5) is 2.90. The van der Waals surface area contributed by atoms with Gasteiger partial charge < -0.3 is 0 Å². The fourth-order valence-corrected chi connectivity index (χ4v) is 0.711. The van der Waals surface area contributed by atoms with E-state index in [-0.39, 0.29) is 5.56 Å². The summed E-state index contributed by atoms with van der Waals surface area (Å²) in [5, 5.41) is 8.31. The van der Waals surface area contributed by atoms with Crippen molar-refractivity contribution in [3.63, 3.8) is 0 Å². The lowest BCUT2D eigenvalue weighted by molar-refractivity contribution is 0.144. The molecule has 0 spiro atoms. The third-order valence-corrected chi connectivity index (χ3v) is 1.22. The summed E-state index contributed by atoms with van der Waals surface area (Å²) in [6.45, 7) is 0. The molecule has 1 heterocycles. The van der Waals surface area contributed by atoms with E-state index in [0.717, 1.165) is 12.1 Å². The second-order valence-electron chi connectivity index (χ2n) is 1.98. The SMILES string of the molecule is N#Cc1ccc(F)nc1C(F)F. The Labute approximate surface area is 66.3 Å². The van der Waals surface area contributed by atoms with Crippen molar-refractivity contribution >= 4 is 0 Å². The van der Waals surface area contributed by atoms with Crippen molar-refractivity contribution in [3.8, 4) is 6.07 Å². The van der Waals surface area contributed by atoms with Crippen molar-refractivity contribution in [1.82, 2.24) is 4.98 Å². The monoisotopic (exact) mass is 172 g/mol. The number of hydrogen-bond acceptors (Lipinski definition) is 2. The summed E-state index contributed by atoms with van der Waals surface area (Å²) in [7, 11) is 0. The normalized spacial score (nSPS) is 9.92. The van der Waals surface area contributed by atoms with Gasteiger partial charge in [-0.3, -0.25) is 0 Å². The molecule has 0 radical (unpaired) electrons. The quantitative estimate of drug-likeness (QED) is 0.607. The zero-order chi connectivity index (χ0) is 9.14. The topological polar surface area (TPSA) is 36.7 Å². The first-order valence-corrected chi connectivity index (χ1v) is 3.00. The Kier molecular flexibility index (Phi) is 2.29. The number of nitriles is 1. The first-order valence-electron chi connectivity index (χ1n) is 3.00.